The van der Waals surface area contributed by atoms with E-state index in [0.717, 1.165) is 9.88 Å². The highest BCUT2D eigenvalue weighted by Gasteiger charge is 2.27. The molecule has 0 saturated carbocycles. The number of nitrogens with one attached hydrogen (secondary N) is 1. The van der Waals surface area contributed by atoms with E-state index in [1.807, 2.05) is 32.0 Å². The fraction of sp³-hybridized carbons (Fsp3) is 0.474. The second-order valence-electron chi connectivity index (χ2n) is 6.97. The minimum Gasteiger partial charge on any atom is -0.379 e. The number of amides is 1. The van der Waals surface area contributed by atoms with Crippen LogP contribution in [0.1, 0.15) is 16.8 Å². The highest BCUT2D eigenvalue weighted by Crippen LogP contribution is 2.21. The van der Waals surface area contributed by atoms with Crippen molar-refractivity contribution >= 4 is 33.0 Å². The Morgan fingerprint density at radius 2 is 2.10 bits per heavy atom. The van der Waals surface area contributed by atoms with Crippen molar-refractivity contribution in [3.8, 4) is 0 Å². The van der Waals surface area contributed by atoms with E-state index < -0.39 is 16.1 Å². The molecule has 1 N–H and O–H groups in total. The molecule has 3 rings (SSSR count). The van der Waals surface area contributed by atoms with Gasteiger partial charge in [-0.25, -0.2) is 13.4 Å². The zero-order valence-electron chi connectivity index (χ0n) is 16.8. The number of hydrogen-bond acceptors (Lipinski definition) is 7. The van der Waals surface area contributed by atoms with Crippen LogP contribution in [-0.2, 0) is 26.1 Å². The molecular weight excluding hydrogens is 412 g/mol. The monoisotopic (exact) mass is 438 g/mol. The van der Waals surface area contributed by atoms with E-state index in [1.165, 1.54) is 10.4 Å². The molecule has 1 unspecified atom stereocenters. The second kappa shape index (κ2) is 9.31. The summed E-state index contributed by atoms with van der Waals surface area (Å²) in [6.45, 7) is 5.82. The lowest BCUT2D eigenvalue weighted by atomic mass is 10.2. The van der Waals surface area contributed by atoms with Crippen LogP contribution >= 0.6 is 11.3 Å². The topological polar surface area (TPSA) is 91.8 Å². The Balaban J connectivity index is 1.66. The van der Waals surface area contributed by atoms with Gasteiger partial charge in [0.25, 0.3) is 0 Å². The van der Waals surface area contributed by atoms with Crippen molar-refractivity contribution in [1.29, 1.82) is 0 Å². The van der Waals surface area contributed by atoms with Gasteiger partial charge in [0.1, 0.15) is 0 Å². The number of carbonyl (C=O) groups excluding carboxylic acids is 1. The molecule has 1 aromatic heterocycles. The third-order valence-electron chi connectivity index (χ3n) is 4.82. The van der Waals surface area contributed by atoms with Crippen molar-refractivity contribution in [3.63, 3.8) is 0 Å². The molecule has 1 saturated heterocycles. The lowest BCUT2D eigenvalue weighted by Gasteiger charge is -2.26. The molecule has 0 aliphatic carbocycles. The summed E-state index contributed by atoms with van der Waals surface area (Å²) in [4.78, 5) is 20.1. The molecule has 10 heteroatoms. The lowest BCUT2D eigenvalue weighted by molar-refractivity contribution is -0.120. The number of rotatable bonds is 7. The molecule has 1 amide bonds. The van der Waals surface area contributed by atoms with Gasteiger partial charge in [-0.05, 0) is 39.1 Å². The molecule has 1 aliphatic heterocycles. The minimum absolute atomic E-state index is 0.165. The standard InChI is InChI=1S/C19H26N4O4S2/c1-14(22(3)13-17-12-20-15(2)28-17)19(24)21-16-5-4-6-18(11-16)29(25,26)23-7-9-27-10-8-23/h4-6,11-12,14H,7-10,13H2,1-3H3,(H,21,24). The van der Waals surface area contributed by atoms with Gasteiger partial charge in [0.05, 0.1) is 29.2 Å². The van der Waals surface area contributed by atoms with Crippen molar-refractivity contribution in [3.05, 3.63) is 40.3 Å². The van der Waals surface area contributed by atoms with Gasteiger partial charge in [0.2, 0.25) is 15.9 Å². The van der Waals surface area contributed by atoms with Gasteiger partial charge >= 0.3 is 0 Å². The first-order chi connectivity index (χ1) is 13.8. The van der Waals surface area contributed by atoms with Gasteiger partial charge in [-0.1, -0.05) is 6.07 Å². The number of ether oxygens (including phenoxy) is 1. The number of likely N-dealkylation sites (N-methyl/N-ethyl adjacent to an activating group) is 1. The number of aryl methyl sites for hydroxylation is 1. The molecule has 2 heterocycles. The fourth-order valence-electron chi connectivity index (χ4n) is 2.98. The van der Waals surface area contributed by atoms with Crippen molar-refractivity contribution in [2.75, 3.05) is 38.7 Å². The Hall–Kier alpha value is -1.85. The van der Waals surface area contributed by atoms with Crippen molar-refractivity contribution in [2.24, 2.45) is 0 Å². The Morgan fingerprint density at radius 1 is 1.38 bits per heavy atom. The first kappa shape index (κ1) is 21.8. The predicted octanol–water partition coefficient (Wildman–Crippen LogP) is 1.93. The van der Waals surface area contributed by atoms with E-state index in [9.17, 15) is 13.2 Å². The summed E-state index contributed by atoms with van der Waals surface area (Å²) in [5, 5.41) is 3.82. The quantitative estimate of drug-likeness (QED) is 0.710. The molecule has 1 aromatic carbocycles. The normalized spacial score (nSPS) is 16.7. The van der Waals surface area contributed by atoms with Crippen LogP contribution in [0.5, 0.6) is 0 Å². The summed E-state index contributed by atoms with van der Waals surface area (Å²) in [5.41, 5.74) is 0.457. The van der Waals surface area contributed by atoms with E-state index >= 15 is 0 Å². The third-order valence-corrected chi connectivity index (χ3v) is 7.62. The van der Waals surface area contributed by atoms with Gasteiger partial charge in [-0.3, -0.25) is 9.69 Å². The maximum Gasteiger partial charge on any atom is 0.243 e. The van der Waals surface area contributed by atoms with E-state index in [4.69, 9.17) is 4.74 Å². The average Bonchev–Trinajstić information content (AvgIpc) is 3.12. The molecule has 29 heavy (non-hydrogen) atoms. The molecule has 0 spiro atoms. The van der Waals surface area contributed by atoms with E-state index in [1.54, 1.807) is 29.5 Å². The highest BCUT2D eigenvalue weighted by atomic mass is 32.2. The number of carbonyl (C=O) groups is 1. The van der Waals surface area contributed by atoms with Crippen LogP contribution in [0.15, 0.2) is 35.4 Å². The molecule has 158 valence electrons. The third kappa shape index (κ3) is 5.40. The molecule has 8 nitrogen and oxygen atoms in total. The van der Waals surface area contributed by atoms with Gasteiger partial charge < -0.3 is 10.1 Å². The summed E-state index contributed by atoms with van der Waals surface area (Å²) >= 11 is 1.60. The van der Waals surface area contributed by atoms with E-state index in [0.29, 0.717) is 38.5 Å². The fourth-order valence-corrected chi connectivity index (χ4v) is 5.29. The Bertz CT molecular complexity index is 955. The summed E-state index contributed by atoms with van der Waals surface area (Å²) in [6, 6.07) is 5.98. The maximum atomic E-state index is 12.8. The van der Waals surface area contributed by atoms with Crippen molar-refractivity contribution < 1.29 is 17.9 Å². The summed E-state index contributed by atoms with van der Waals surface area (Å²) < 4.78 is 32.3. The van der Waals surface area contributed by atoms with Crippen LogP contribution in [-0.4, -0.2) is 67.9 Å². The first-order valence-electron chi connectivity index (χ1n) is 9.38. The average molecular weight is 439 g/mol. The SMILES string of the molecule is Cc1ncc(CN(C)C(C)C(=O)Nc2cccc(S(=O)(=O)N3CCOCC3)c2)s1. The second-order valence-corrected chi connectivity index (χ2v) is 10.2. The molecule has 0 bridgehead atoms. The van der Waals surface area contributed by atoms with E-state index in [-0.39, 0.29) is 10.8 Å². The lowest BCUT2D eigenvalue weighted by Crippen LogP contribution is -2.40. The largest absolute Gasteiger partial charge is 0.379 e. The number of nitrogens with zero attached hydrogens (tertiary/aromatic N) is 3. The Kier molecular flexibility index (Phi) is 7.01. The summed E-state index contributed by atoms with van der Waals surface area (Å²) in [5.74, 6) is -0.199. The number of hydrogen-bond donors (Lipinski definition) is 1. The van der Waals surface area contributed by atoms with Gasteiger partial charge in [0, 0.05) is 36.4 Å². The molecule has 1 aliphatic rings. The number of thiazole rings is 1. The van der Waals surface area contributed by atoms with Gasteiger partial charge in [-0.15, -0.1) is 11.3 Å². The first-order valence-corrected chi connectivity index (χ1v) is 11.6. The smallest absolute Gasteiger partial charge is 0.243 e. The summed E-state index contributed by atoms with van der Waals surface area (Å²) in [7, 11) is -1.74. The number of anilines is 1. The Morgan fingerprint density at radius 3 is 2.76 bits per heavy atom. The molecule has 1 fully saturated rings. The summed E-state index contributed by atoms with van der Waals surface area (Å²) in [6.07, 6.45) is 1.82. The number of sulfonamides is 1. The molecule has 0 radical (unpaired) electrons. The highest BCUT2D eigenvalue weighted by molar-refractivity contribution is 7.89. The van der Waals surface area contributed by atoms with Crippen molar-refractivity contribution in [2.45, 2.75) is 31.3 Å². The maximum absolute atomic E-state index is 12.8. The minimum atomic E-state index is -3.61. The molecule has 2 aromatic rings. The van der Waals surface area contributed by atoms with Crippen LogP contribution in [0, 0.1) is 6.92 Å². The van der Waals surface area contributed by atoms with Crippen LogP contribution in [0.4, 0.5) is 5.69 Å². The van der Waals surface area contributed by atoms with Crippen LogP contribution in [0.25, 0.3) is 0 Å². The van der Waals surface area contributed by atoms with Crippen LogP contribution in [0.2, 0.25) is 0 Å². The molecule has 1 atom stereocenters. The Labute approximate surface area is 175 Å². The van der Waals surface area contributed by atoms with Gasteiger partial charge in [0.15, 0.2) is 0 Å². The van der Waals surface area contributed by atoms with Crippen LogP contribution < -0.4 is 5.32 Å². The van der Waals surface area contributed by atoms with Crippen LogP contribution in [0.3, 0.4) is 0 Å². The number of aromatic nitrogens is 1. The molecular formula is C19H26N4O4S2. The zero-order valence-corrected chi connectivity index (χ0v) is 18.4. The van der Waals surface area contributed by atoms with Crippen molar-refractivity contribution in [1.82, 2.24) is 14.2 Å². The van der Waals surface area contributed by atoms with Gasteiger partial charge in [-0.2, -0.15) is 4.31 Å². The van der Waals surface area contributed by atoms with E-state index in [2.05, 4.69) is 10.3 Å². The predicted molar refractivity (Wildman–Crippen MR) is 112 cm³/mol. The zero-order chi connectivity index (χ0) is 21.0. The number of benzene rings is 1. The number of morpholine rings is 1.